The number of nitrogens with one attached hydrogen (secondary N) is 1. The van der Waals surface area contributed by atoms with Crippen molar-refractivity contribution < 1.29 is 18.0 Å². The Morgan fingerprint density at radius 3 is 2.22 bits per heavy atom. The fraction of sp³-hybridized carbons (Fsp3) is 0.259. The van der Waals surface area contributed by atoms with E-state index in [2.05, 4.69) is 21.2 Å². The van der Waals surface area contributed by atoms with Gasteiger partial charge in [-0.3, -0.25) is 13.9 Å². The molecule has 0 saturated heterocycles. The van der Waals surface area contributed by atoms with Gasteiger partial charge in [0.2, 0.25) is 21.8 Å². The van der Waals surface area contributed by atoms with E-state index in [9.17, 15) is 18.0 Å². The second kappa shape index (κ2) is 12.2. The molecule has 0 fully saturated rings. The third kappa shape index (κ3) is 7.41. The molecule has 1 N–H and O–H groups in total. The Kier molecular flexibility index (Phi) is 9.28. The Morgan fingerprint density at radius 1 is 0.944 bits per heavy atom. The van der Waals surface area contributed by atoms with Crippen molar-refractivity contribution in [1.29, 1.82) is 0 Å². The lowest BCUT2D eigenvalue weighted by Crippen LogP contribution is -2.52. The number of rotatable bonds is 10. The van der Waals surface area contributed by atoms with Crippen LogP contribution in [0.25, 0.3) is 0 Å². The molecule has 3 rings (SSSR count). The highest BCUT2D eigenvalue weighted by molar-refractivity contribution is 9.10. The second-order valence-corrected chi connectivity index (χ2v) is 11.4. The van der Waals surface area contributed by atoms with Crippen LogP contribution >= 0.6 is 15.9 Å². The highest BCUT2D eigenvalue weighted by atomic mass is 79.9. The van der Waals surface area contributed by atoms with Crippen molar-refractivity contribution in [1.82, 2.24) is 10.2 Å². The summed E-state index contributed by atoms with van der Waals surface area (Å²) in [6.07, 6.45) is 1.35. The summed E-state index contributed by atoms with van der Waals surface area (Å²) in [5.74, 6) is -0.806. The number of sulfonamides is 1. The Balaban J connectivity index is 2.03. The summed E-state index contributed by atoms with van der Waals surface area (Å²) in [5, 5.41) is 2.67. The van der Waals surface area contributed by atoms with Crippen molar-refractivity contribution in [2.45, 2.75) is 25.9 Å². The Labute approximate surface area is 221 Å². The van der Waals surface area contributed by atoms with Gasteiger partial charge in [-0.2, -0.15) is 0 Å². The van der Waals surface area contributed by atoms with Crippen LogP contribution in [0.15, 0.2) is 83.3 Å². The first-order chi connectivity index (χ1) is 17.1. The molecule has 0 spiro atoms. The first-order valence-electron chi connectivity index (χ1n) is 11.4. The molecular weight excluding hydrogens is 542 g/mol. The minimum Gasteiger partial charge on any atom is -0.357 e. The summed E-state index contributed by atoms with van der Waals surface area (Å²) in [6, 6.07) is 23.0. The molecule has 0 bridgehead atoms. The van der Waals surface area contributed by atoms with Crippen LogP contribution in [-0.2, 0) is 32.6 Å². The van der Waals surface area contributed by atoms with Gasteiger partial charge in [0.15, 0.2) is 0 Å². The molecule has 1 atom stereocenters. The largest absolute Gasteiger partial charge is 0.357 e. The monoisotopic (exact) mass is 571 g/mol. The number of amides is 2. The van der Waals surface area contributed by atoms with Crippen molar-refractivity contribution >= 4 is 43.5 Å². The maximum atomic E-state index is 13.8. The van der Waals surface area contributed by atoms with Crippen LogP contribution in [0.5, 0.6) is 0 Å². The molecule has 0 aliphatic rings. The summed E-state index contributed by atoms with van der Waals surface area (Å²) in [4.78, 5) is 28.4. The molecule has 3 aromatic rings. The fourth-order valence-corrected chi connectivity index (χ4v) is 5.20. The zero-order valence-electron chi connectivity index (χ0n) is 20.5. The summed E-state index contributed by atoms with van der Waals surface area (Å²) >= 11 is 3.36. The van der Waals surface area contributed by atoms with E-state index in [1.165, 1.54) is 11.9 Å². The van der Waals surface area contributed by atoms with Gasteiger partial charge in [0.05, 0.1) is 11.9 Å². The summed E-state index contributed by atoms with van der Waals surface area (Å²) in [6.45, 7) is 1.67. The van der Waals surface area contributed by atoms with E-state index in [1.54, 1.807) is 24.3 Å². The summed E-state index contributed by atoms with van der Waals surface area (Å²) in [5.41, 5.74) is 3.11. The number of hydrogen-bond acceptors (Lipinski definition) is 4. The molecule has 0 aliphatic heterocycles. The average Bonchev–Trinajstić information content (AvgIpc) is 2.84. The highest BCUT2D eigenvalue weighted by Gasteiger charge is 2.32. The topological polar surface area (TPSA) is 86.8 Å². The molecule has 9 heteroatoms. The first-order valence-corrected chi connectivity index (χ1v) is 14.1. The lowest BCUT2D eigenvalue weighted by molar-refractivity contribution is -0.139. The number of likely N-dealkylation sites (N-methyl/N-ethyl adjacent to an activating group) is 1. The molecule has 2 amide bonds. The van der Waals surface area contributed by atoms with Gasteiger partial charge >= 0.3 is 0 Å². The molecule has 3 aromatic carbocycles. The average molecular weight is 573 g/mol. The molecule has 7 nitrogen and oxygen atoms in total. The molecule has 0 radical (unpaired) electrons. The van der Waals surface area contributed by atoms with Gasteiger partial charge in [0.1, 0.15) is 12.6 Å². The van der Waals surface area contributed by atoms with Crippen molar-refractivity contribution in [2.75, 3.05) is 24.2 Å². The van der Waals surface area contributed by atoms with Crippen molar-refractivity contribution in [3.05, 3.63) is 100 Å². The number of carbonyl (C=O) groups excluding carboxylic acids is 2. The predicted molar refractivity (Wildman–Crippen MR) is 146 cm³/mol. The quantitative estimate of drug-likeness (QED) is 0.399. The molecule has 190 valence electrons. The molecular formula is C27H30BrN3O4S. The van der Waals surface area contributed by atoms with Gasteiger partial charge in [0.25, 0.3) is 0 Å². The van der Waals surface area contributed by atoms with Crippen LogP contribution in [0.1, 0.15) is 16.7 Å². The Bertz CT molecular complexity index is 1320. The van der Waals surface area contributed by atoms with E-state index in [1.807, 2.05) is 61.5 Å². The van der Waals surface area contributed by atoms with E-state index < -0.39 is 28.5 Å². The van der Waals surface area contributed by atoms with Crippen molar-refractivity contribution in [3.8, 4) is 0 Å². The van der Waals surface area contributed by atoms with Crippen LogP contribution in [0.4, 0.5) is 5.69 Å². The predicted octanol–water partition coefficient (Wildman–Crippen LogP) is 3.91. The third-order valence-electron chi connectivity index (χ3n) is 5.73. The van der Waals surface area contributed by atoms with Gasteiger partial charge in [0, 0.05) is 24.5 Å². The lowest BCUT2D eigenvalue weighted by atomic mass is 10.0. The zero-order chi connectivity index (χ0) is 26.3. The van der Waals surface area contributed by atoms with E-state index in [0.717, 1.165) is 27.3 Å². The number of carbonyl (C=O) groups is 2. The van der Waals surface area contributed by atoms with Crippen molar-refractivity contribution in [3.63, 3.8) is 0 Å². The van der Waals surface area contributed by atoms with Gasteiger partial charge in [-0.1, -0.05) is 82.2 Å². The standard InChI is InChI=1S/C27H30BrN3O4S/c1-20-9-7-12-22(15-20)18-30(25(27(33)29-2)16-21-10-5-4-6-11-21)26(32)19-31(36(3,34)35)24-14-8-13-23(28)17-24/h4-15,17,25H,16,18-19H2,1-3H3,(H,29,33). The normalized spacial score (nSPS) is 12.0. The van der Waals surface area contributed by atoms with E-state index >= 15 is 0 Å². The molecule has 0 aliphatic carbocycles. The molecule has 0 aromatic heterocycles. The highest BCUT2D eigenvalue weighted by Crippen LogP contribution is 2.23. The van der Waals surface area contributed by atoms with Gasteiger partial charge in [-0.25, -0.2) is 8.42 Å². The van der Waals surface area contributed by atoms with Gasteiger partial charge < -0.3 is 10.2 Å². The Hall–Kier alpha value is -3.17. The van der Waals surface area contributed by atoms with Crippen LogP contribution in [0.3, 0.4) is 0 Å². The number of halogens is 1. The molecule has 1 unspecified atom stereocenters. The Morgan fingerprint density at radius 2 is 1.61 bits per heavy atom. The fourth-order valence-electron chi connectivity index (χ4n) is 3.97. The zero-order valence-corrected chi connectivity index (χ0v) is 22.9. The SMILES string of the molecule is CNC(=O)C(Cc1ccccc1)N(Cc1cccc(C)c1)C(=O)CN(c1cccc(Br)c1)S(C)(=O)=O. The van der Waals surface area contributed by atoms with Crippen LogP contribution < -0.4 is 9.62 Å². The maximum Gasteiger partial charge on any atom is 0.244 e. The van der Waals surface area contributed by atoms with E-state index in [0.29, 0.717) is 10.2 Å². The lowest BCUT2D eigenvalue weighted by Gasteiger charge is -2.33. The molecule has 36 heavy (non-hydrogen) atoms. The number of hydrogen-bond donors (Lipinski definition) is 1. The smallest absolute Gasteiger partial charge is 0.244 e. The summed E-state index contributed by atoms with van der Waals surface area (Å²) < 4.78 is 27.2. The third-order valence-corrected chi connectivity index (χ3v) is 7.36. The molecule has 0 heterocycles. The minimum absolute atomic E-state index is 0.154. The van der Waals surface area contributed by atoms with E-state index in [4.69, 9.17) is 0 Å². The number of benzene rings is 3. The van der Waals surface area contributed by atoms with Crippen molar-refractivity contribution in [2.24, 2.45) is 0 Å². The summed E-state index contributed by atoms with van der Waals surface area (Å²) in [7, 11) is -2.26. The first kappa shape index (κ1) is 27.4. The second-order valence-electron chi connectivity index (χ2n) is 8.58. The number of aryl methyl sites for hydroxylation is 1. The van der Waals surface area contributed by atoms with Crippen LogP contribution in [-0.4, -0.2) is 51.0 Å². The number of anilines is 1. The maximum absolute atomic E-state index is 13.8. The van der Waals surface area contributed by atoms with Gasteiger partial charge in [-0.05, 0) is 36.2 Å². The molecule has 0 saturated carbocycles. The number of nitrogens with zero attached hydrogens (tertiary/aromatic N) is 2. The van der Waals surface area contributed by atoms with Crippen LogP contribution in [0.2, 0.25) is 0 Å². The van der Waals surface area contributed by atoms with Gasteiger partial charge in [-0.15, -0.1) is 0 Å². The minimum atomic E-state index is -3.79. The van der Waals surface area contributed by atoms with E-state index in [-0.39, 0.29) is 18.9 Å². The van der Waals surface area contributed by atoms with Crippen LogP contribution in [0, 0.1) is 6.92 Å².